The number of H-pyrrole nitrogens is 1. The second kappa shape index (κ2) is 7.15. The lowest BCUT2D eigenvalue weighted by Crippen LogP contribution is -2.01. The van der Waals surface area contributed by atoms with Crippen LogP contribution < -0.4 is 5.73 Å². The van der Waals surface area contributed by atoms with E-state index in [-0.39, 0.29) is 5.56 Å². The van der Waals surface area contributed by atoms with E-state index >= 15 is 0 Å². The summed E-state index contributed by atoms with van der Waals surface area (Å²) in [6.07, 6.45) is 2.48. The molecule has 7 heteroatoms. The number of aromatic amines is 1. The van der Waals surface area contributed by atoms with Crippen molar-refractivity contribution < 1.29 is 9.90 Å². The van der Waals surface area contributed by atoms with Crippen LogP contribution in [0.4, 0.5) is 0 Å². The number of nitrogens with two attached hydrogens (primary N) is 1. The molecule has 4 N–H and O–H groups in total. The quantitative estimate of drug-likeness (QED) is 0.513. The number of carboxylic acids is 1. The van der Waals surface area contributed by atoms with Crippen LogP contribution in [0.25, 0.3) is 21.5 Å². The van der Waals surface area contributed by atoms with Crippen molar-refractivity contribution in [3.05, 3.63) is 44.8 Å². The third kappa shape index (κ3) is 3.17. The number of unbranched alkanes of at least 4 members (excludes halogenated alkanes) is 1. The average Bonchev–Trinajstić information content (AvgIpc) is 3.12. The van der Waals surface area contributed by atoms with Crippen LogP contribution in [0.1, 0.15) is 28.8 Å². The summed E-state index contributed by atoms with van der Waals surface area (Å²) in [6.45, 7) is 0.606. The van der Waals surface area contributed by atoms with Crippen LogP contribution in [0, 0.1) is 0 Å². The van der Waals surface area contributed by atoms with Crippen LogP contribution in [-0.4, -0.2) is 22.6 Å². The monoisotopic (exact) mass is 382 g/mol. The molecule has 126 valence electrons. The van der Waals surface area contributed by atoms with E-state index in [0.717, 1.165) is 35.4 Å². The number of nitrogens with one attached hydrogen (secondary N) is 1. The molecule has 0 bridgehead atoms. The van der Waals surface area contributed by atoms with Gasteiger partial charge in [-0.15, -0.1) is 11.3 Å². The summed E-state index contributed by atoms with van der Waals surface area (Å²) in [4.78, 5) is 15.9. The number of hydrogen-bond acceptors (Lipinski definition) is 3. The van der Waals surface area contributed by atoms with Gasteiger partial charge < -0.3 is 15.8 Å². The third-order valence-corrected chi connectivity index (χ3v) is 5.50. The molecule has 0 aliphatic heterocycles. The van der Waals surface area contributed by atoms with Crippen molar-refractivity contribution >= 4 is 51.4 Å². The molecule has 24 heavy (non-hydrogen) atoms. The van der Waals surface area contributed by atoms with E-state index in [1.807, 2.05) is 12.1 Å². The molecule has 2 aromatic heterocycles. The largest absolute Gasteiger partial charge is 0.478 e. The van der Waals surface area contributed by atoms with Crippen LogP contribution in [0.3, 0.4) is 0 Å². The first-order chi connectivity index (χ1) is 11.5. The predicted octanol–water partition coefficient (Wildman–Crippen LogP) is 5.18. The zero-order valence-electron chi connectivity index (χ0n) is 12.7. The maximum absolute atomic E-state index is 11.7. The number of halogens is 2. The fourth-order valence-corrected chi connectivity index (χ4v) is 4.15. The van der Waals surface area contributed by atoms with Gasteiger partial charge in [0.15, 0.2) is 0 Å². The maximum atomic E-state index is 11.7. The number of aryl methyl sites for hydroxylation is 1. The minimum absolute atomic E-state index is 0.252. The Morgan fingerprint density at radius 2 is 2.00 bits per heavy atom. The Kier molecular flexibility index (Phi) is 5.15. The summed E-state index contributed by atoms with van der Waals surface area (Å²) in [7, 11) is 0. The first-order valence-corrected chi connectivity index (χ1v) is 9.12. The van der Waals surface area contributed by atoms with Crippen molar-refractivity contribution in [1.82, 2.24) is 4.98 Å². The summed E-state index contributed by atoms with van der Waals surface area (Å²) in [5.74, 6) is -0.966. The number of carbonyl (C=O) groups is 1. The molecule has 0 aliphatic rings. The van der Waals surface area contributed by atoms with Crippen LogP contribution >= 0.6 is 34.5 Å². The molecule has 2 heterocycles. The minimum Gasteiger partial charge on any atom is -0.478 e. The van der Waals surface area contributed by atoms with Crippen molar-refractivity contribution in [3.63, 3.8) is 0 Å². The fourth-order valence-electron chi connectivity index (χ4n) is 2.87. The van der Waals surface area contributed by atoms with Gasteiger partial charge in [0, 0.05) is 5.39 Å². The van der Waals surface area contributed by atoms with Crippen LogP contribution in [0.15, 0.2) is 24.3 Å². The average molecular weight is 383 g/mol. The molecule has 0 atom stereocenters. The molecule has 4 nitrogen and oxygen atoms in total. The Morgan fingerprint density at radius 3 is 2.62 bits per heavy atom. The van der Waals surface area contributed by atoms with Gasteiger partial charge >= 0.3 is 5.97 Å². The topological polar surface area (TPSA) is 79.1 Å². The molecule has 0 saturated heterocycles. The normalized spacial score (nSPS) is 11.3. The van der Waals surface area contributed by atoms with Crippen molar-refractivity contribution in [1.29, 1.82) is 0 Å². The van der Waals surface area contributed by atoms with Crippen molar-refractivity contribution in [2.24, 2.45) is 5.73 Å². The van der Waals surface area contributed by atoms with Crippen molar-refractivity contribution in [2.45, 2.75) is 19.3 Å². The highest BCUT2D eigenvalue weighted by Gasteiger charge is 2.21. The Hall–Kier alpha value is -1.53. The lowest BCUT2D eigenvalue weighted by atomic mass is 9.99. The van der Waals surface area contributed by atoms with Gasteiger partial charge in [0.05, 0.1) is 31.0 Å². The molecule has 3 rings (SSSR count). The highest BCUT2D eigenvalue weighted by atomic mass is 35.5. The molecule has 0 spiro atoms. The minimum atomic E-state index is -0.966. The molecule has 0 aliphatic carbocycles. The summed E-state index contributed by atoms with van der Waals surface area (Å²) >= 11 is 13.8. The predicted molar refractivity (Wildman–Crippen MR) is 101 cm³/mol. The van der Waals surface area contributed by atoms with Gasteiger partial charge in [-0.1, -0.05) is 23.2 Å². The lowest BCUT2D eigenvalue weighted by molar-refractivity contribution is 0.0699. The Labute approximate surface area is 153 Å². The smallest absolute Gasteiger partial charge is 0.336 e. The number of benzene rings is 1. The molecule has 0 saturated carbocycles. The van der Waals surface area contributed by atoms with Gasteiger partial charge in [-0.3, -0.25) is 0 Å². The zero-order chi connectivity index (χ0) is 17.3. The molecule has 1 aromatic carbocycles. The number of fused-ring (bicyclic) bond motifs is 1. The molecule has 0 amide bonds. The van der Waals surface area contributed by atoms with Gasteiger partial charge in [0.2, 0.25) is 0 Å². The summed E-state index contributed by atoms with van der Waals surface area (Å²) in [5.41, 5.74) is 8.34. The summed E-state index contributed by atoms with van der Waals surface area (Å²) in [5, 5.41) is 10.7. The SMILES string of the molecule is NCCCCc1c(-c2ccc(Cl)s2)[nH]c2c(Cl)ccc(C(=O)O)c12. The van der Waals surface area contributed by atoms with Crippen LogP contribution in [0.5, 0.6) is 0 Å². The van der Waals surface area contributed by atoms with E-state index in [9.17, 15) is 9.90 Å². The van der Waals surface area contributed by atoms with E-state index in [1.54, 1.807) is 12.1 Å². The molecule has 0 unspecified atom stereocenters. The molecule has 0 radical (unpaired) electrons. The van der Waals surface area contributed by atoms with Gasteiger partial charge in [-0.25, -0.2) is 4.79 Å². The summed E-state index contributed by atoms with van der Waals surface area (Å²) in [6, 6.07) is 6.92. The van der Waals surface area contributed by atoms with Crippen LogP contribution in [-0.2, 0) is 6.42 Å². The van der Waals surface area contributed by atoms with Gasteiger partial charge in [0.1, 0.15) is 0 Å². The standard InChI is InChI=1S/C17H16Cl2N2O2S/c18-11-5-4-10(17(22)23)14-9(3-1-2-8-20)15(21-16(11)14)12-6-7-13(19)24-12/h4-7,21H,1-3,8,20H2,(H,22,23). The number of aromatic nitrogens is 1. The number of rotatable bonds is 6. The number of aromatic carboxylic acids is 1. The molecular weight excluding hydrogens is 367 g/mol. The maximum Gasteiger partial charge on any atom is 0.336 e. The zero-order valence-corrected chi connectivity index (χ0v) is 15.1. The second-order valence-corrected chi connectivity index (χ2v) is 7.60. The third-order valence-electron chi connectivity index (χ3n) is 3.94. The van der Waals surface area contributed by atoms with Crippen LogP contribution in [0.2, 0.25) is 9.36 Å². The second-order valence-electron chi connectivity index (χ2n) is 5.48. The first-order valence-electron chi connectivity index (χ1n) is 7.55. The highest BCUT2D eigenvalue weighted by Crippen LogP contribution is 2.40. The fraction of sp³-hybridized carbons (Fsp3) is 0.235. The Bertz CT molecular complexity index is 902. The highest BCUT2D eigenvalue weighted by molar-refractivity contribution is 7.19. The number of hydrogen-bond donors (Lipinski definition) is 3. The molecule has 0 fully saturated rings. The van der Waals surface area contributed by atoms with Crippen molar-refractivity contribution in [2.75, 3.05) is 6.54 Å². The number of carboxylic acid groups (broad SMARTS) is 1. The van der Waals surface area contributed by atoms with E-state index < -0.39 is 5.97 Å². The Morgan fingerprint density at radius 1 is 1.21 bits per heavy atom. The van der Waals surface area contributed by atoms with E-state index in [4.69, 9.17) is 28.9 Å². The Balaban J connectivity index is 2.26. The van der Waals surface area contributed by atoms with Gasteiger partial charge in [0.25, 0.3) is 0 Å². The lowest BCUT2D eigenvalue weighted by Gasteiger charge is -2.05. The molecule has 3 aromatic rings. The molecular formula is C17H16Cl2N2O2S. The van der Waals surface area contributed by atoms with Crippen molar-refractivity contribution in [3.8, 4) is 10.6 Å². The summed E-state index contributed by atoms with van der Waals surface area (Å²) < 4.78 is 0.682. The number of thiophene rings is 1. The van der Waals surface area contributed by atoms with E-state index in [2.05, 4.69) is 4.98 Å². The first kappa shape index (κ1) is 17.3. The van der Waals surface area contributed by atoms with Gasteiger partial charge in [-0.2, -0.15) is 0 Å². The van der Waals surface area contributed by atoms with E-state index in [0.29, 0.717) is 26.8 Å². The van der Waals surface area contributed by atoms with Gasteiger partial charge in [-0.05, 0) is 55.6 Å². The van der Waals surface area contributed by atoms with E-state index in [1.165, 1.54) is 11.3 Å².